The molecule has 0 atom stereocenters. The zero-order chi connectivity index (χ0) is 21.2. The molecule has 0 aliphatic heterocycles. The SMILES string of the molecule is [C-]#[N+]c1cc(C)c2c(C#N)ccc3c4c(C#N)cc(C)c5c(C#N)ccc(c1c23)c54. The zero-order valence-electron chi connectivity index (χ0n) is 16.3. The lowest BCUT2D eigenvalue weighted by Gasteiger charge is -2.19. The van der Waals surface area contributed by atoms with Gasteiger partial charge in [-0.1, -0.05) is 23.8 Å². The van der Waals surface area contributed by atoms with Crippen LogP contribution >= 0.6 is 0 Å². The van der Waals surface area contributed by atoms with Crippen LogP contribution in [0.4, 0.5) is 5.69 Å². The molecule has 30 heavy (non-hydrogen) atoms. The van der Waals surface area contributed by atoms with Crippen LogP contribution in [0.1, 0.15) is 27.8 Å². The third-order valence-electron chi connectivity index (χ3n) is 5.96. The van der Waals surface area contributed by atoms with Crippen molar-refractivity contribution in [1.82, 2.24) is 0 Å². The second-order valence-corrected chi connectivity index (χ2v) is 7.47. The molecule has 0 unspecified atom stereocenters. The number of rotatable bonds is 0. The number of hydrogen-bond acceptors (Lipinski definition) is 3. The molecule has 0 radical (unpaired) electrons. The van der Waals surface area contributed by atoms with Gasteiger partial charge in [-0.15, -0.1) is 0 Å². The third-order valence-corrected chi connectivity index (χ3v) is 5.96. The topological polar surface area (TPSA) is 75.7 Å². The molecule has 0 saturated carbocycles. The van der Waals surface area contributed by atoms with E-state index in [9.17, 15) is 15.8 Å². The molecule has 0 fully saturated rings. The van der Waals surface area contributed by atoms with Gasteiger partial charge in [0.1, 0.15) is 0 Å². The van der Waals surface area contributed by atoms with E-state index in [1.165, 1.54) is 0 Å². The maximum absolute atomic E-state index is 9.92. The highest BCUT2D eigenvalue weighted by Crippen LogP contribution is 2.47. The minimum Gasteiger partial charge on any atom is -0.237 e. The first-order valence-electron chi connectivity index (χ1n) is 9.34. The summed E-state index contributed by atoms with van der Waals surface area (Å²) < 4.78 is 0. The lowest BCUT2D eigenvalue weighted by molar-refractivity contribution is 1.46. The number of nitrogens with zero attached hydrogens (tertiary/aromatic N) is 4. The zero-order valence-corrected chi connectivity index (χ0v) is 16.3. The Kier molecular flexibility index (Phi) is 3.45. The highest BCUT2D eigenvalue weighted by Gasteiger charge is 2.22. The van der Waals surface area contributed by atoms with Crippen LogP contribution in [0.15, 0.2) is 36.4 Å². The first-order valence-corrected chi connectivity index (χ1v) is 9.34. The molecule has 0 heterocycles. The largest absolute Gasteiger partial charge is 0.237 e. The summed E-state index contributed by atoms with van der Waals surface area (Å²) in [7, 11) is 0. The molecule has 5 aromatic carbocycles. The van der Waals surface area contributed by atoms with Crippen LogP contribution in [0.25, 0.3) is 47.9 Å². The summed E-state index contributed by atoms with van der Waals surface area (Å²) in [5.74, 6) is 0. The van der Waals surface area contributed by atoms with Crippen molar-refractivity contribution in [3.05, 3.63) is 75.6 Å². The Balaban J connectivity index is 2.33. The lowest BCUT2D eigenvalue weighted by atomic mass is 9.83. The lowest BCUT2D eigenvalue weighted by Crippen LogP contribution is -1.96. The summed E-state index contributed by atoms with van der Waals surface area (Å²) in [5.41, 5.74) is 3.84. The van der Waals surface area contributed by atoms with Gasteiger partial charge in [0.15, 0.2) is 5.69 Å². The molecule has 5 rings (SSSR count). The molecule has 0 saturated heterocycles. The molecular formula is C26H12N4. The molecule has 136 valence electrons. The Bertz CT molecular complexity index is 1610. The maximum atomic E-state index is 9.92. The van der Waals surface area contributed by atoms with Gasteiger partial charge in [-0.3, -0.25) is 0 Å². The van der Waals surface area contributed by atoms with Crippen molar-refractivity contribution >= 4 is 48.8 Å². The van der Waals surface area contributed by atoms with Crippen LogP contribution in [0.2, 0.25) is 0 Å². The van der Waals surface area contributed by atoms with E-state index < -0.39 is 0 Å². The number of aryl methyl sites for hydroxylation is 2. The Morgan fingerprint density at radius 1 is 0.633 bits per heavy atom. The van der Waals surface area contributed by atoms with Crippen molar-refractivity contribution in [2.75, 3.05) is 0 Å². The number of fused-ring (bicyclic) bond motifs is 2. The van der Waals surface area contributed by atoms with Gasteiger partial charge in [-0.25, -0.2) is 4.85 Å². The van der Waals surface area contributed by atoms with E-state index >= 15 is 0 Å². The highest BCUT2D eigenvalue weighted by molar-refractivity contribution is 6.37. The van der Waals surface area contributed by atoms with Crippen LogP contribution in [0.5, 0.6) is 0 Å². The summed E-state index contributed by atoms with van der Waals surface area (Å²) in [6.45, 7) is 11.6. The average molecular weight is 380 g/mol. The van der Waals surface area contributed by atoms with Crippen LogP contribution in [-0.4, -0.2) is 0 Å². The minimum absolute atomic E-state index is 0.507. The molecule has 0 spiro atoms. The van der Waals surface area contributed by atoms with Crippen LogP contribution in [0.3, 0.4) is 0 Å². The second-order valence-electron chi connectivity index (χ2n) is 7.47. The third kappa shape index (κ3) is 1.95. The molecule has 0 amide bonds. The Morgan fingerprint density at radius 3 is 1.67 bits per heavy atom. The van der Waals surface area contributed by atoms with E-state index in [0.717, 1.165) is 54.2 Å². The molecule has 4 nitrogen and oxygen atoms in total. The van der Waals surface area contributed by atoms with Gasteiger partial charge in [0.25, 0.3) is 0 Å². The van der Waals surface area contributed by atoms with Gasteiger partial charge in [-0.05, 0) is 64.5 Å². The van der Waals surface area contributed by atoms with Gasteiger partial charge in [0, 0.05) is 16.2 Å². The monoisotopic (exact) mass is 380 g/mol. The standard InChI is InChI=1S/C26H12N4/c1-13-8-17(12-29)23-18-6-4-16(11-28)22-14(2)9-20(30-3)24(26(18)22)19-7-5-15(10-27)21(13)25(19)23/h4-9H,1-2H3. The van der Waals surface area contributed by atoms with Crippen molar-refractivity contribution in [3.8, 4) is 18.2 Å². The highest BCUT2D eigenvalue weighted by atomic mass is 14.6. The molecule has 0 aliphatic rings. The predicted octanol–water partition coefficient (Wildman–Crippen LogP) is 6.52. The molecular weight excluding hydrogens is 368 g/mol. The van der Waals surface area contributed by atoms with Crippen molar-refractivity contribution in [1.29, 1.82) is 15.8 Å². The van der Waals surface area contributed by atoms with Crippen LogP contribution in [-0.2, 0) is 0 Å². The average Bonchev–Trinajstić information content (AvgIpc) is 2.77. The molecule has 0 bridgehead atoms. The molecule has 0 N–H and O–H groups in total. The van der Waals surface area contributed by atoms with Gasteiger partial charge in [0.05, 0.1) is 41.5 Å². The van der Waals surface area contributed by atoms with Crippen molar-refractivity contribution < 1.29 is 0 Å². The molecule has 4 heteroatoms. The quantitative estimate of drug-likeness (QED) is 0.174. The summed E-state index contributed by atoms with van der Waals surface area (Å²) in [6.07, 6.45) is 0. The fraction of sp³-hybridized carbons (Fsp3) is 0.0769. The van der Waals surface area contributed by atoms with E-state index in [-0.39, 0.29) is 0 Å². The summed E-state index contributed by atoms with van der Waals surface area (Å²) in [5, 5.41) is 35.8. The summed E-state index contributed by atoms with van der Waals surface area (Å²) in [6, 6.07) is 17.8. The Hall–Kier alpha value is -4.64. The first-order chi connectivity index (χ1) is 14.5. The second kappa shape index (κ2) is 5.93. The normalized spacial score (nSPS) is 10.9. The van der Waals surface area contributed by atoms with Gasteiger partial charge >= 0.3 is 0 Å². The van der Waals surface area contributed by atoms with E-state index in [1.807, 2.05) is 38.1 Å². The van der Waals surface area contributed by atoms with E-state index in [2.05, 4.69) is 23.1 Å². The Labute approximate surface area is 172 Å². The molecule has 5 aromatic rings. The molecule has 0 aromatic heterocycles. The molecule has 0 aliphatic carbocycles. The fourth-order valence-corrected chi connectivity index (χ4v) is 4.85. The van der Waals surface area contributed by atoms with Crippen LogP contribution < -0.4 is 0 Å². The smallest absolute Gasteiger partial charge is 0.195 e. The van der Waals surface area contributed by atoms with Crippen molar-refractivity contribution in [2.24, 2.45) is 0 Å². The fourth-order valence-electron chi connectivity index (χ4n) is 4.85. The number of benzene rings is 5. The van der Waals surface area contributed by atoms with Gasteiger partial charge in [-0.2, -0.15) is 15.8 Å². The number of hydrogen-bond donors (Lipinski definition) is 0. The summed E-state index contributed by atoms with van der Waals surface area (Å²) in [4.78, 5) is 3.79. The van der Waals surface area contributed by atoms with Gasteiger partial charge in [0.2, 0.25) is 0 Å². The van der Waals surface area contributed by atoms with E-state index in [0.29, 0.717) is 22.4 Å². The van der Waals surface area contributed by atoms with Gasteiger partial charge < -0.3 is 0 Å². The number of nitriles is 3. The van der Waals surface area contributed by atoms with E-state index in [4.69, 9.17) is 6.57 Å². The Morgan fingerprint density at radius 2 is 1.13 bits per heavy atom. The minimum atomic E-state index is 0.507. The van der Waals surface area contributed by atoms with Crippen molar-refractivity contribution in [3.63, 3.8) is 0 Å². The summed E-state index contributed by atoms with van der Waals surface area (Å²) >= 11 is 0. The maximum Gasteiger partial charge on any atom is 0.195 e. The van der Waals surface area contributed by atoms with Crippen molar-refractivity contribution in [2.45, 2.75) is 13.8 Å². The van der Waals surface area contributed by atoms with E-state index in [1.54, 1.807) is 12.1 Å². The van der Waals surface area contributed by atoms with Crippen LogP contribution in [0, 0.1) is 54.4 Å². The first kappa shape index (κ1) is 17.5. The predicted molar refractivity (Wildman–Crippen MR) is 118 cm³/mol.